The zero-order valence-electron chi connectivity index (χ0n) is 27.8. The average molecular weight is 793 g/mol. The molecule has 1 aromatic heterocycles. The minimum absolute atomic E-state index is 0.144. The first-order valence-electron chi connectivity index (χ1n) is 15.6. The van der Waals surface area contributed by atoms with Gasteiger partial charge in [0.2, 0.25) is 11.8 Å². The lowest BCUT2D eigenvalue weighted by Crippen LogP contribution is -2.52. The van der Waals surface area contributed by atoms with E-state index >= 15 is 4.39 Å². The zero-order valence-corrected chi connectivity index (χ0v) is 29.6. The Morgan fingerprint density at radius 2 is 1.51 bits per heavy atom. The van der Waals surface area contributed by atoms with E-state index in [2.05, 4.69) is 15.0 Å². The van der Waals surface area contributed by atoms with Gasteiger partial charge in [0, 0.05) is 31.7 Å². The number of hydrogen-bond acceptors (Lipinski definition) is 12. The van der Waals surface area contributed by atoms with Crippen LogP contribution < -0.4 is 25.8 Å². The molecule has 8 N–H and O–H groups in total. The van der Waals surface area contributed by atoms with Gasteiger partial charge in [0.15, 0.2) is 17.4 Å². The van der Waals surface area contributed by atoms with Gasteiger partial charge in [-0.25, -0.2) is 22.9 Å². The number of Topliss-reactive ketones (excluding diaryl/α,β-unsaturated/α-hetero) is 1. The Morgan fingerprint density at radius 3 is 2.06 bits per heavy atom. The molecule has 53 heavy (non-hydrogen) atoms. The zero-order chi connectivity index (χ0) is 39.5. The highest BCUT2D eigenvalue weighted by atomic mass is 31.2. The van der Waals surface area contributed by atoms with Crippen LogP contribution in [0.4, 0.5) is 35.3 Å². The SMILES string of the molecule is CC(NC1[C@H]2CN(c3nc4c(cc3F)C(=O)C(C(=O)O)CN4c3ccc(F)cc3F)C[C@@H]12)C(=O)NC(=O)[C@H](C)NC(=O)OC(C)(P(=O)(O)O)P(=O)(O)O. The molecule has 0 radical (unpaired) electrons. The number of alkyl carbamates (subject to hydrolysis) is 1. The van der Waals surface area contributed by atoms with E-state index in [4.69, 9.17) is 0 Å². The second-order valence-corrected chi connectivity index (χ2v) is 17.1. The molecule has 3 unspecified atom stereocenters. The molecule has 6 atom stereocenters. The molecule has 2 fully saturated rings. The number of anilines is 3. The van der Waals surface area contributed by atoms with Crippen LogP contribution in [-0.2, 0) is 28.3 Å². The lowest BCUT2D eigenvalue weighted by Gasteiger charge is -2.34. The number of aliphatic carboxylic acids is 1. The number of imide groups is 1. The number of nitrogens with zero attached hydrogens (tertiary/aromatic N) is 3. The molecule has 24 heteroatoms. The van der Waals surface area contributed by atoms with Crippen molar-refractivity contribution in [3.05, 3.63) is 47.3 Å². The van der Waals surface area contributed by atoms with Gasteiger partial charge in [-0.2, -0.15) is 0 Å². The minimum atomic E-state index is -5.72. The summed E-state index contributed by atoms with van der Waals surface area (Å²) < 4.78 is 71.5. The second-order valence-electron chi connectivity index (χ2n) is 12.9. The number of aromatic nitrogens is 1. The number of carbonyl (C=O) groups excluding carboxylic acids is 4. The topological polar surface area (TPSA) is 285 Å². The molecule has 1 saturated carbocycles. The number of carbonyl (C=O) groups is 5. The Hall–Kier alpha value is -4.43. The van der Waals surface area contributed by atoms with Crippen molar-refractivity contribution < 1.29 is 75.7 Å². The van der Waals surface area contributed by atoms with E-state index in [0.29, 0.717) is 13.0 Å². The molecule has 2 aromatic rings. The number of hydrogen-bond donors (Lipinski definition) is 8. The number of ether oxygens (including phenoxy) is 1. The van der Waals surface area contributed by atoms with Crippen molar-refractivity contribution in [2.75, 3.05) is 29.4 Å². The minimum Gasteiger partial charge on any atom is -0.481 e. The monoisotopic (exact) mass is 792 g/mol. The van der Waals surface area contributed by atoms with Crippen LogP contribution in [0.2, 0.25) is 0 Å². The highest BCUT2D eigenvalue weighted by Crippen LogP contribution is 2.69. The molecule has 19 nitrogen and oxygen atoms in total. The maximum Gasteiger partial charge on any atom is 0.409 e. The number of piperidine rings is 1. The summed E-state index contributed by atoms with van der Waals surface area (Å²) in [7, 11) is -11.4. The van der Waals surface area contributed by atoms with Gasteiger partial charge in [0.1, 0.15) is 29.4 Å². The standard InChI is InChI=1S/C29H33F3N6O13P2/c1-11(25(40)36-26(41)12(2)34-28(44)51-29(3,52(45,46)47)53(48,49)50)33-21-15-8-37(9-16(15)21)24-19(32)7-14-22(39)17(27(42)43)10-38(23(14)35-24)20-5-4-13(30)6-18(20)31/h4-7,11-12,15-17,21,33H,8-10H2,1-3H3,(H,34,44)(H,42,43)(H,36,40,41)(H2,45,46,47)(H2,48,49,50)/t11?,12-,15-,16+,17?,21?/m0/s1. The van der Waals surface area contributed by atoms with Crippen molar-refractivity contribution in [3.8, 4) is 0 Å². The molecular weight excluding hydrogens is 759 g/mol. The number of halogens is 3. The normalized spacial score (nSPS) is 22.3. The van der Waals surface area contributed by atoms with Gasteiger partial charge in [0.05, 0.1) is 17.3 Å². The third kappa shape index (κ3) is 7.66. The Bertz CT molecular complexity index is 1960. The van der Waals surface area contributed by atoms with Crippen LogP contribution in [0, 0.1) is 35.2 Å². The van der Waals surface area contributed by atoms with Crippen molar-refractivity contribution in [3.63, 3.8) is 0 Å². The summed E-state index contributed by atoms with van der Waals surface area (Å²) in [5.41, 5.74) is -0.669. The highest BCUT2D eigenvalue weighted by molar-refractivity contribution is 7.72. The van der Waals surface area contributed by atoms with Gasteiger partial charge in [-0.15, -0.1) is 0 Å². The molecule has 3 heterocycles. The summed E-state index contributed by atoms with van der Waals surface area (Å²) in [6.45, 7) is 2.65. The fourth-order valence-electron chi connectivity index (χ4n) is 6.11. The molecular formula is C29H33F3N6O13P2. The maximum atomic E-state index is 15.4. The van der Waals surface area contributed by atoms with Crippen LogP contribution in [0.15, 0.2) is 24.3 Å². The Kier molecular flexibility index (Phi) is 10.6. The summed E-state index contributed by atoms with van der Waals surface area (Å²) in [5, 5.41) is 12.9. The number of pyridine rings is 1. The van der Waals surface area contributed by atoms with Gasteiger partial charge >= 0.3 is 32.3 Å². The van der Waals surface area contributed by atoms with Crippen molar-refractivity contribution in [2.45, 2.75) is 44.0 Å². The number of benzene rings is 1. The molecule has 1 aliphatic carbocycles. The van der Waals surface area contributed by atoms with E-state index < -0.39 is 97.5 Å². The number of ketones is 1. The van der Waals surface area contributed by atoms with Crippen LogP contribution in [-0.4, -0.2) is 102 Å². The van der Waals surface area contributed by atoms with Crippen LogP contribution in [0.5, 0.6) is 0 Å². The van der Waals surface area contributed by atoms with Gasteiger partial charge in [-0.05, 0) is 50.8 Å². The fraction of sp³-hybridized carbons (Fsp3) is 0.448. The van der Waals surface area contributed by atoms with E-state index in [9.17, 15) is 66.6 Å². The van der Waals surface area contributed by atoms with Crippen molar-refractivity contribution in [1.82, 2.24) is 20.9 Å². The number of rotatable bonds is 11. The molecule has 3 amide bonds. The first kappa shape index (κ1) is 39.8. The molecule has 288 valence electrons. The summed E-state index contributed by atoms with van der Waals surface area (Å²) in [6.07, 6.45) is -1.77. The smallest absolute Gasteiger partial charge is 0.409 e. The number of carboxylic acid groups (broad SMARTS) is 1. The van der Waals surface area contributed by atoms with Crippen molar-refractivity contribution in [1.29, 1.82) is 0 Å². The molecule has 5 rings (SSSR count). The molecule has 1 aromatic carbocycles. The first-order chi connectivity index (χ1) is 24.4. The van der Waals surface area contributed by atoms with Crippen LogP contribution in [0.1, 0.15) is 31.1 Å². The predicted octanol–water partition coefficient (Wildman–Crippen LogP) is 0.733. The summed E-state index contributed by atoms with van der Waals surface area (Å²) in [6, 6.07) is 0.524. The van der Waals surface area contributed by atoms with E-state index in [1.807, 2.05) is 10.6 Å². The Balaban J connectivity index is 1.20. The van der Waals surface area contributed by atoms with E-state index in [-0.39, 0.29) is 48.3 Å². The van der Waals surface area contributed by atoms with Crippen molar-refractivity contribution >= 4 is 62.2 Å². The van der Waals surface area contributed by atoms with Crippen LogP contribution in [0.25, 0.3) is 0 Å². The van der Waals surface area contributed by atoms with E-state index in [1.165, 1.54) is 6.92 Å². The summed E-state index contributed by atoms with van der Waals surface area (Å²) in [4.78, 5) is 106. The first-order valence-corrected chi connectivity index (χ1v) is 18.8. The lowest BCUT2D eigenvalue weighted by atomic mass is 9.92. The lowest BCUT2D eigenvalue weighted by molar-refractivity contribution is -0.139. The number of fused-ring (bicyclic) bond motifs is 2. The van der Waals surface area contributed by atoms with Crippen LogP contribution >= 0.6 is 15.2 Å². The molecule has 0 spiro atoms. The Morgan fingerprint density at radius 1 is 0.925 bits per heavy atom. The van der Waals surface area contributed by atoms with E-state index in [0.717, 1.165) is 30.0 Å². The van der Waals surface area contributed by atoms with E-state index in [1.54, 1.807) is 4.90 Å². The third-order valence-electron chi connectivity index (χ3n) is 9.31. The largest absolute Gasteiger partial charge is 0.481 e. The third-order valence-corrected chi connectivity index (χ3v) is 13.2. The molecule has 0 bridgehead atoms. The van der Waals surface area contributed by atoms with Crippen LogP contribution in [0.3, 0.4) is 0 Å². The molecule has 3 aliphatic rings. The van der Waals surface area contributed by atoms with Gasteiger partial charge in [0.25, 0.3) is 0 Å². The second kappa shape index (κ2) is 14.1. The Labute approximate surface area is 297 Å². The quantitative estimate of drug-likeness (QED) is 0.115. The number of nitrogens with one attached hydrogen (secondary N) is 3. The van der Waals surface area contributed by atoms with Crippen molar-refractivity contribution in [2.24, 2.45) is 17.8 Å². The average Bonchev–Trinajstić information content (AvgIpc) is 3.45. The molecule has 1 saturated heterocycles. The van der Waals surface area contributed by atoms with Gasteiger partial charge in [-0.3, -0.25) is 33.6 Å². The fourth-order valence-corrected chi connectivity index (χ4v) is 7.87. The predicted molar refractivity (Wildman–Crippen MR) is 173 cm³/mol. The van der Waals surface area contributed by atoms with Gasteiger partial charge < -0.3 is 49.9 Å². The maximum absolute atomic E-state index is 15.4. The summed E-state index contributed by atoms with van der Waals surface area (Å²) >= 11 is 0. The highest BCUT2D eigenvalue weighted by Gasteiger charge is 2.61. The summed E-state index contributed by atoms with van der Waals surface area (Å²) in [5.74, 6) is -9.71. The number of carboxylic acids is 1. The number of amides is 3. The molecule has 2 aliphatic heterocycles. The van der Waals surface area contributed by atoms with Gasteiger partial charge in [-0.1, -0.05) is 0 Å².